The average molecular weight is 277 g/mol. The van der Waals surface area contributed by atoms with E-state index in [-0.39, 0.29) is 18.4 Å². The fourth-order valence-corrected chi connectivity index (χ4v) is 2.49. The molecule has 20 heavy (non-hydrogen) atoms. The number of aliphatic hydroxyl groups excluding tert-OH is 1. The number of nitrogens with zero attached hydrogens (tertiary/aromatic N) is 1. The number of amides is 1. The van der Waals surface area contributed by atoms with E-state index < -0.39 is 0 Å². The summed E-state index contributed by atoms with van der Waals surface area (Å²) in [5.74, 6) is 1.07. The average Bonchev–Trinajstić information content (AvgIpc) is 2.52. The molecule has 1 atom stereocenters. The van der Waals surface area contributed by atoms with Crippen LogP contribution in [0.2, 0.25) is 0 Å². The van der Waals surface area contributed by atoms with Gasteiger partial charge < -0.3 is 14.7 Å². The Bertz CT molecular complexity index is 430. The third kappa shape index (κ3) is 3.73. The van der Waals surface area contributed by atoms with Gasteiger partial charge in [0.15, 0.2) is 0 Å². The van der Waals surface area contributed by atoms with Crippen LogP contribution >= 0.6 is 0 Å². The molecule has 1 saturated heterocycles. The predicted octanol–water partition coefficient (Wildman–Crippen LogP) is 2.32. The monoisotopic (exact) mass is 277 g/mol. The first-order chi connectivity index (χ1) is 9.74. The highest BCUT2D eigenvalue weighted by Gasteiger charge is 2.23. The van der Waals surface area contributed by atoms with E-state index in [1.807, 2.05) is 29.2 Å². The summed E-state index contributed by atoms with van der Waals surface area (Å²) in [7, 11) is 0. The maximum absolute atomic E-state index is 12.4. The lowest BCUT2D eigenvalue weighted by molar-refractivity contribution is 0.0620. The minimum absolute atomic E-state index is 0.0465. The number of carbonyl (C=O) groups excluding carboxylic acids is 1. The lowest BCUT2D eigenvalue weighted by atomic mass is 9.98. The molecule has 1 heterocycles. The predicted molar refractivity (Wildman–Crippen MR) is 77.9 cm³/mol. The molecule has 4 heteroatoms. The van der Waals surface area contributed by atoms with Crippen molar-refractivity contribution in [2.24, 2.45) is 5.92 Å². The third-order valence-electron chi connectivity index (χ3n) is 3.64. The van der Waals surface area contributed by atoms with Crippen molar-refractivity contribution in [3.8, 4) is 5.75 Å². The van der Waals surface area contributed by atoms with Gasteiger partial charge in [-0.1, -0.05) is 6.92 Å². The lowest BCUT2D eigenvalue weighted by Crippen LogP contribution is -2.40. The van der Waals surface area contributed by atoms with Crippen molar-refractivity contribution >= 4 is 5.91 Å². The number of ether oxygens (including phenoxy) is 1. The minimum atomic E-state index is 0.0465. The minimum Gasteiger partial charge on any atom is -0.494 e. The van der Waals surface area contributed by atoms with E-state index in [4.69, 9.17) is 4.74 Å². The summed E-state index contributed by atoms with van der Waals surface area (Å²) in [4.78, 5) is 14.2. The largest absolute Gasteiger partial charge is 0.494 e. The smallest absolute Gasteiger partial charge is 0.253 e. The van der Waals surface area contributed by atoms with E-state index >= 15 is 0 Å². The van der Waals surface area contributed by atoms with Crippen LogP contribution in [0.5, 0.6) is 5.75 Å². The second kappa shape index (κ2) is 7.29. The SMILES string of the molecule is CCCOc1ccc(C(=O)N2CCCC(CO)C2)cc1. The van der Waals surface area contributed by atoms with E-state index in [2.05, 4.69) is 6.92 Å². The number of aliphatic hydroxyl groups is 1. The topological polar surface area (TPSA) is 49.8 Å². The van der Waals surface area contributed by atoms with Crippen molar-refractivity contribution in [3.05, 3.63) is 29.8 Å². The molecule has 0 radical (unpaired) electrons. The molecule has 1 fully saturated rings. The first kappa shape index (κ1) is 14.9. The molecule has 1 aromatic carbocycles. The van der Waals surface area contributed by atoms with Gasteiger partial charge in [0, 0.05) is 25.3 Å². The molecule has 1 amide bonds. The van der Waals surface area contributed by atoms with Gasteiger partial charge in [-0.15, -0.1) is 0 Å². The van der Waals surface area contributed by atoms with Crippen LogP contribution in [-0.2, 0) is 0 Å². The fraction of sp³-hybridized carbons (Fsp3) is 0.562. The van der Waals surface area contributed by atoms with Crippen LogP contribution in [0.1, 0.15) is 36.5 Å². The molecule has 1 aliphatic heterocycles. The van der Waals surface area contributed by atoms with Crippen LogP contribution in [0.25, 0.3) is 0 Å². The van der Waals surface area contributed by atoms with Gasteiger partial charge in [0.05, 0.1) is 6.61 Å². The van der Waals surface area contributed by atoms with Gasteiger partial charge in [-0.25, -0.2) is 0 Å². The van der Waals surface area contributed by atoms with Crippen LogP contribution in [0.4, 0.5) is 0 Å². The second-order valence-corrected chi connectivity index (χ2v) is 5.31. The van der Waals surface area contributed by atoms with Gasteiger partial charge >= 0.3 is 0 Å². The molecular formula is C16H23NO3. The zero-order valence-corrected chi connectivity index (χ0v) is 12.0. The Kier molecular flexibility index (Phi) is 5.41. The number of benzene rings is 1. The fourth-order valence-electron chi connectivity index (χ4n) is 2.49. The molecule has 4 nitrogen and oxygen atoms in total. The molecule has 0 spiro atoms. The van der Waals surface area contributed by atoms with Crippen molar-refractivity contribution in [2.75, 3.05) is 26.3 Å². The number of carbonyl (C=O) groups is 1. The van der Waals surface area contributed by atoms with E-state index in [9.17, 15) is 9.90 Å². The Morgan fingerprint density at radius 1 is 1.40 bits per heavy atom. The Morgan fingerprint density at radius 2 is 2.15 bits per heavy atom. The summed E-state index contributed by atoms with van der Waals surface area (Å²) in [5.41, 5.74) is 0.687. The molecule has 1 N–H and O–H groups in total. The van der Waals surface area contributed by atoms with E-state index in [1.165, 1.54) is 0 Å². The molecule has 110 valence electrons. The van der Waals surface area contributed by atoms with Crippen LogP contribution in [0, 0.1) is 5.92 Å². The van der Waals surface area contributed by atoms with Crippen LogP contribution in [-0.4, -0.2) is 42.2 Å². The van der Waals surface area contributed by atoms with Crippen molar-refractivity contribution in [2.45, 2.75) is 26.2 Å². The molecule has 1 unspecified atom stereocenters. The Morgan fingerprint density at radius 3 is 2.80 bits per heavy atom. The molecule has 0 aromatic heterocycles. The Hall–Kier alpha value is -1.55. The van der Waals surface area contributed by atoms with Crippen LogP contribution in [0.15, 0.2) is 24.3 Å². The standard InChI is InChI=1S/C16H23NO3/c1-2-10-20-15-7-5-14(6-8-15)16(19)17-9-3-4-13(11-17)12-18/h5-8,13,18H,2-4,9-12H2,1H3. The summed E-state index contributed by atoms with van der Waals surface area (Å²) >= 11 is 0. The van der Waals surface area contributed by atoms with Crippen LogP contribution < -0.4 is 4.74 Å². The zero-order chi connectivity index (χ0) is 14.4. The van der Waals surface area contributed by atoms with E-state index in [1.54, 1.807) is 0 Å². The summed E-state index contributed by atoms with van der Waals surface area (Å²) in [5, 5.41) is 9.23. The maximum atomic E-state index is 12.4. The number of hydrogen-bond acceptors (Lipinski definition) is 3. The maximum Gasteiger partial charge on any atom is 0.253 e. The van der Waals surface area contributed by atoms with Crippen LogP contribution in [0.3, 0.4) is 0 Å². The molecule has 1 aromatic rings. The Labute approximate surface area is 120 Å². The number of rotatable bonds is 5. The van der Waals surface area contributed by atoms with Gasteiger partial charge in [0.25, 0.3) is 5.91 Å². The molecular weight excluding hydrogens is 254 g/mol. The zero-order valence-electron chi connectivity index (χ0n) is 12.0. The highest BCUT2D eigenvalue weighted by molar-refractivity contribution is 5.94. The van der Waals surface area contributed by atoms with Gasteiger partial charge in [-0.2, -0.15) is 0 Å². The van der Waals surface area contributed by atoms with Gasteiger partial charge in [-0.05, 0) is 49.4 Å². The highest BCUT2D eigenvalue weighted by atomic mass is 16.5. The molecule has 0 aliphatic carbocycles. The Balaban J connectivity index is 1.98. The van der Waals surface area contributed by atoms with Gasteiger partial charge in [0.2, 0.25) is 0 Å². The lowest BCUT2D eigenvalue weighted by Gasteiger charge is -2.31. The quantitative estimate of drug-likeness (QED) is 0.898. The summed E-state index contributed by atoms with van der Waals surface area (Å²) < 4.78 is 5.51. The molecule has 1 aliphatic rings. The number of hydrogen-bond donors (Lipinski definition) is 1. The summed E-state index contributed by atoms with van der Waals surface area (Å²) in [6.07, 6.45) is 2.94. The number of piperidine rings is 1. The van der Waals surface area contributed by atoms with Crippen molar-refractivity contribution in [1.82, 2.24) is 4.90 Å². The van der Waals surface area contributed by atoms with Gasteiger partial charge in [0.1, 0.15) is 5.75 Å². The third-order valence-corrected chi connectivity index (χ3v) is 3.64. The van der Waals surface area contributed by atoms with Gasteiger partial charge in [-0.3, -0.25) is 4.79 Å². The molecule has 2 rings (SSSR count). The number of likely N-dealkylation sites (tertiary alicyclic amines) is 1. The summed E-state index contributed by atoms with van der Waals surface area (Å²) in [6, 6.07) is 7.32. The normalized spacial score (nSPS) is 18.9. The highest BCUT2D eigenvalue weighted by Crippen LogP contribution is 2.19. The van der Waals surface area contributed by atoms with Crippen molar-refractivity contribution < 1.29 is 14.6 Å². The summed E-state index contributed by atoms with van der Waals surface area (Å²) in [6.45, 7) is 4.35. The molecule has 0 saturated carbocycles. The van der Waals surface area contributed by atoms with E-state index in [0.29, 0.717) is 18.7 Å². The van der Waals surface area contributed by atoms with Crippen molar-refractivity contribution in [3.63, 3.8) is 0 Å². The molecule has 0 bridgehead atoms. The first-order valence-corrected chi connectivity index (χ1v) is 7.37. The second-order valence-electron chi connectivity index (χ2n) is 5.31. The van der Waals surface area contributed by atoms with Crippen molar-refractivity contribution in [1.29, 1.82) is 0 Å². The van der Waals surface area contributed by atoms with E-state index in [0.717, 1.165) is 31.6 Å². The first-order valence-electron chi connectivity index (χ1n) is 7.37.